The van der Waals surface area contributed by atoms with Crippen LogP contribution < -0.4 is 23.8 Å². The van der Waals surface area contributed by atoms with Gasteiger partial charge in [0.2, 0.25) is 6.79 Å². The molecule has 4 rings (SSSR count). The Morgan fingerprint density at radius 2 is 1.70 bits per heavy atom. The zero-order chi connectivity index (χ0) is 19.0. The molecule has 27 heavy (non-hydrogen) atoms. The molecular weight excluding hydrogens is 410 g/mol. The Bertz CT molecular complexity index is 1010. The molecule has 0 amide bonds. The van der Waals surface area contributed by atoms with Crippen molar-refractivity contribution < 1.29 is 18.9 Å². The first kappa shape index (κ1) is 17.8. The molecule has 1 aliphatic rings. The lowest BCUT2D eigenvalue weighted by atomic mass is 10.1. The first-order valence-electron chi connectivity index (χ1n) is 8.54. The van der Waals surface area contributed by atoms with E-state index in [9.17, 15) is 0 Å². The molecule has 0 unspecified atom stereocenters. The third kappa shape index (κ3) is 3.25. The number of fused-ring (bicyclic) bond motifs is 2. The van der Waals surface area contributed by atoms with Gasteiger partial charge in [0, 0.05) is 29.1 Å². The van der Waals surface area contributed by atoms with Gasteiger partial charge in [-0.05, 0) is 41.3 Å². The minimum Gasteiger partial charge on any atom is -0.493 e. The Kier molecular flexibility index (Phi) is 4.74. The Morgan fingerprint density at radius 3 is 2.44 bits per heavy atom. The average molecular weight is 430 g/mol. The number of hydrogen-bond acceptors (Lipinski definition) is 5. The quantitative estimate of drug-likeness (QED) is 0.571. The van der Waals surface area contributed by atoms with Crippen molar-refractivity contribution in [3.8, 4) is 23.0 Å². The first-order valence-corrected chi connectivity index (χ1v) is 9.34. The smallest absolute Gasteiger partial charge is 0.231 e. The molecule has 1 aliphatic heterocycles. The highest BCUT2D eigenvalue weighted by atomic mass is 79.9. The predicted molar refractivity (Wildman–Crippen MR) is 109 cm³/mol. The summed E-state index contributed by atoms with van der Waals surface area (Å²) in [6.45, 7) is 0.976. The fraction of sp³-hybridized carbons (Fsp3) is 0.238. The summed E-state index contributed by atoms with van der Waals surface area (Å²) in [4.78, 5) is 2.20. The summed E-state index contributed by atoms with van der Waals surface area (Å²) in [5.41, 5.74) is 2.22. The van der Waals surface area contributed by atoms with Gasteiger partial charge in [-0.15, -0.1) is 0 Å². The Morgan fingerprint density at radius 1 is 1.00 bits per heavy atom. The standard InChI is InChI=1S/C21H20BrNO4/c1-23(11-14-8-18(24-2)19(25-3)10-16(14)22)17-6-4-5-13-7-20-21(9-15(13)17)27-12-26-20/h4-10H,11-12H2,1-3H3. The number of methoxy groups -OCH3 is 2. The molecule has 0 fully saturated rings. The Balaban J connectivity index is 1.71. The van der Waals surface area contributed by atoms with E-state index in [1.165, 1.54) is 0 Å². The molecule has 140 valence electrons. The van der Waals surface area contributed by atoms with Crippen LogP contribution in [0.3, 0.4) is 0 Å². The third-order valence-electron chi connectivity index (χ3n) is 4.72. The van der Waals surface area contributed by atoms with E-state index in [2.05, 4.69) is 46.1 Å². The Labute approximate surface area is 166 Å². The lowest BCUT2D eigenvalue weighted by Crippen LogP contribution is -2.17. The second kappa shape index (κ2) is 7.19. The van der Waals surface area contributed by atoms with Gasteiger partial charge in [-0.1, -0.05) is 28.1 Å². The topological polar surface area (TPSA) is 40.2 Å². The van der Waals surface area contributed by atoms with E-state index in [-0.39, 0.29) is 6.79 Å². The van der Waals surface area contributed by atoms with E-state index >= 15 is 0 Å². The van der Waals surface area contributed by atoms with Crippen molar-refractivity contribution in [3.63, 3.8) is 0 Å². The molecule has 3 aromatic carbocycles. The molecule has 0 atom stereocenters. The van der Waals surface area contributed by atoms with Crippen molar-refractivity contribution in [2.45, 2.75) is 6.54 Å². The van der Waals surface area contributed by atoms with Crippen molar-refractivity contribution in [1.82, 2.24) is 0 Å². The summed E-state index contributed by atoms with van der Waals surface area (Å²) in [6.07, 6.45) is 0. The molecule has 5 nitrogen and oxygen atoms in total. The molecule has 0 spiro atoms. The number of hydrogen-bond donors (Lipinski definition) is 0. The zero-order valence-electron chi connectivity index (χ0n) is 15.4. The van der Waals surface area contributed by atoms with E-state index in [0.717, 1.165) is 38.0 Å². The van der Waals surface area contributed by atoms with E-state index in [4.69, 9.17) is 18.9 Å². The summed E-state index contributed by atoms with van der Waals surface area (Å²) < 4.78 is 22.8. The highest BCUT2D eigenvalue weighted by Crippen LogP contribution is 2.40. The van der Waals surface area contributed by atoms with E-state index in [1.807, 2.05) is 24.3 Å². The molecule has 0 aliphatic carbocycles. The monoisotopic (exact) mass is 429 g/mol. The van der Waals surface area contributed by atoms with Crippen LogP contribution >= 0.6 is 15.9 Å². The first-order chi connectivity index (χ1) is 13.1. The van der Waals surface area contributed by atoms with Crippen LogP contribution in [-0.4, -0.2) is 28.1 Å². The number of nitrogens with zero attached hydrogens (tertiary/aromatic N) is 1. The Hall–Kier alpha value is -2.60. The third-order valence-corrected chi connectivity index (χ3v) is 5.46. The van der Waals surface area contributed by atoms with Gasteiger partial charge in [0.15, 0.2) is 23.0 Å². The lowest BCUT2D eigenvalue weighted by Gasteiger charge is -2.23. The summed E-state index contributed by atoms with van der Waals surface area (Å²) in [7, 11) is 5.35. The molecule has 0 saturated carbocycles. The summed E-state index contributed by atoms with van der Waals surface area (Å²) in [5.74, 6) is 3.00. The molecule has 0 saturated heterocycles. The van der Waals surface area contributed by atoms with Gasteiger partial charge in [0.05, 0.1) is 14.2 Å². The van der Waals surface area contributed by atoms with Gasteiger partial charge in [-0.2, -0.15) is 0 Å². The molecule has 0 N–H and O–H groups in total. The normalized spacial score (nSPS) is 12.3. The molecule has 0 bridgehead atoms. The van der Waals surface area contributed by atoms with Crippen LogP contribution in [0.5, 0.6) is 23.0 Å². The van der Waals surface area contributed by atoms with Gasteiger partial charge < -0.3 is 23.8 Å². The maximum Gasteiger partial charge on any atom is 0.231 e. The molecular formula is C21H20BrNO4. The second-order valence-corrected chi connectivity index (χ2v) is 7.21. The van der Waals surface area contributed by atoms with Gasteiger partial charge in [-0.3, -0.25) is 0 Å². The number of anilines is 1. The molecule has 6 heteroatoms. The average Bonchev–Trinajstić information content (AvgIpc) is 3.14. The summed E-state index contributed by atoms with van der Waals surface area (Å²) in [5, 5.41) is 2.25. The number of ether oxygens (including phenoxy) is 4. The highest BCUT2D eigenvalue weighted by molar-refractivity contribution is 9.10. The van der Waals surface area contributed by atoms with Crippen LogP contribution in [-0.2, 0) is 6.54 Å². The van der Waals surface area contributed by atoms with Crippen LogP contribution in [0, 0.1) is 0 Å². The van der Waals surface area contributed by atoms with Gasteiger partial charge in [0.1, 0.15) is 0 Å². The van der Waals surface area contributed by atoms with Crippen molar-refractivity contribution >= 4 is 32.4 Å². The van der Waals surface area contributed by atoms with E-state index in [1.54, 1.807) is 14.2 Å². The van der Waals surface area contributed by atoms with Crippen LogP contribution in [0.15, 0.2) is 46.9 Å². The van der Waals surface area contributed by atoms with Gasteiger partial charge in [-0.25, -0.2) is 0 Å². The maximum atomic E-state index is 5.56. The van der Waals surface area contributed by atoms with Gasteiger partial charge >= 0.3 is 0 Å². The summed E-state index contributed by atoms with van der Waals surface area (Å²) in [6, 6.07) is 14.3. The molecule has 0 radical (unpaired) electrons. The second-order valence-electron chi connectivity index (χ2n) is 6.36. The lowest BCUT2D eigenvalue weighted by molar-refractivity contribution is 0.174. The highest BCUT2D eigenvalue weighted by Gasteiger charge is 2.17. The predicted octanol–water partition coefficient (Wildman–Crippen LogP) is 4.98. The largest absolute Gasteiger partial charge is 0.493 e. The number of benzene rings is 3. The fourth-order valence-corrected chi connectivity index (χ4v) is 3.79. The fourth-order valence-electron chi connectivity index (χ4n) is 3.34. The van der Waals surface area contributed by atoms with Crippen LogP contribution in [0.2, 0.25) is 0 Å². The molecule has 3 aromatic rings. The van der Waals surface area contributed by atoms with Crippen LogP contribution in [0.1, 0.15) is 5.56 Å². The molecule has 0 aromatic heterocycles. The minimum absolute atomic E-state index is 0.273. The van der Waals surface area contributed by atoms with Crippen LogP contribution in [0.4, 0.5) is 5.69 Å². The SMILES string of the molecule is COc1cc(Br)c(CN(C)c2cccc3cc4c(cc23)OCO4)cc1OC. The minimum atomic E-state index is 0.273. The van der Waals surface area contributed by atoms with Gasteiger partial charge in [0.25, 0.3) is 0 Å². The van der Waals surface area contributed by atoms with E-state index < -0.39 is 0 Å². The van der Waals surface area contributed by atoms with Crippen molar-refractivity contribution in [2.75, 3.05) is 33.0 Å². The maximum absolute atomic E-state index is 5.56. The van der Waals surface area contributed by atoms with Crippen molar-refractivity contribution in [3.05, 3.63) is 52.5 Å². The number of rotatable bonds is 5. The van der Waals surface area contributed by atoms with Crippen LogP contribution in [0.25, 0.3) is 10.8 Å². The summed E-state index contributed by atoms with van der Waals surface area (Å²) >= 11 is 3.64. The molecule has 1 heterocycles. The zero-order valence-corrected chi connectivity index (χ0v) is 17.0. The van der Waals surface area contributed by atoms with E-state index in [0.29, 0.717) is 18.0 Å². The van der Waals surface area contributed by atoms with Crippen molar-refractivity contribution in [2.24, 2.45) is 0 Å². The van der Waals surface area contributed by atoms with Crippen molar-refractivity contribution in [1.29, 1.82) is 0 Å². The number of halogens is 1.